The minimum absolute atomic E-state index is 0.159. The van der Waals surface area contributed by atoms with Gasteiger partial charge < -0.3 is 0 Å². The molecule has 0 amide bonds. The maximum absolute atomic E-state index is 12.1. The molecule has 0 saturated carbocycles. The number of hydrogen-bond acceptors (Lipinski definition) is 5. The Morgan fingerprint density at radius 1 is 1.30 bits per heavy atom. The van der Waals surface area contributed by atoms with Crippen molar-refractivity contribution >= 4 is 10.0 Å². The molecule has 3 heterocycles. The Morgan fingerprint density at radius 3 is 2.70 bits per heavy atom. The number of rotatable bonds is 4. The summed E-state index contributed by atoms with van der Waals surface area (Å²) >= 11 is 0. The van der Waals surface area contributed by atoms with E-state index in [1.807, 2.05) is 32.0 Å². The van der Waals surface area contributed by atoms with Crippen LogP contribution in [0.1, 0.15) is 50.3 Å². The van der Waals surface area contributed by atoms with Crippen LogP contribution in [0.15, 0.2) is 24.4 Å². The fraction of sp³-hybridized carbons (Fsp3) is 0.533. The van der Waals surface area contributed by atoms with Crippen LogP contribution in [0.25, 0.3) is 5.82 Å². The van der Waals surface area contributed by atoms with Crippen molar-refractivity contribution in [3.63, 3.8) is 0 Å². The summed E-state index contributed by atoms with van der Waals surface area (Å²) < 4.78 is 27.3. The van der Waals surface area contributed by atoms with E-state index in [4.69, 9.17) is 0 Å². The Morgan fingerprint density at radius 2 is 2.09 bits per heavy atom. The van der Waals surface area contributed by atoms with Gasteiger partial charge in [0.1, 0.15) is 0 Å². The fourth-order valence-corrected chi connectivity index (χ4v) is 3.97. The van der Waals surface area contributed by atoms with Gasteiger partial charge in [-0.3, -0.25) is 0 Å². The van der Waals surface area contributed by atoms with Crippen LogP contribution < -0.4 is 0 Å². The van der Waals surface area contributed by atoms with Gasteiger partial charge in [0.2, 0.25) is 10.0 Å². The first-order valence-electron chi connectivity index (χ1n) is 7.73. The monoisotopic (exact) mass is 335 g/mol. The minimum Gasteiger partial charge on any atom is -0.237 e. The van der Waals surface area contributed by atoms with Crippen LogP contribution in [0.2, 0.25) is 0 Å². The first kappa shape index (κ1) is 16.1. The van der Waals surface area contributed by atoms with Gasteiger partial charge in [0.15, 0.2) is 17.5 Å². The number of hydrogen-bond donors (Lipinski definition) is 0. The Labute approximate surface area is 136 Å². The third-order valence-electron chi connectivity index (χ3n) is 3.96. The van der Waals surface area contributed by atoms with Gasteiger partial charge in [-0.15, -0.1) is 5.10 Å². The minimum atomic E-state index is -3.28. The molecule has 0 radical (unpaired) electrons. The number of sulfonamides is 1. The van der Waals surface area contributed by atoms with Crippen molar-refractivity contribution in [2.45, 2.75) is 38.6 Å². The van der Waals surface area contributed by atoms with Crippen LogP contribution >= 0.6 is 0 Å². The first-order valence-corrected chi connectivity index (χ1v) is 9.58. The Balaban J connectivity index is 2.11. The van der Waals surface area contributed by atoms with Crippen molar-refractivity contribution < 1.29 is 8.42 Å². The molecule has 1 aliphatic heterocycles. The van der Waals surface area contributed by atoms with Crippen LogP contribution in [-0.2, 0) is 10.0 Å². The SMILES string of the molecule is CC(C)c1nc([C@@H]2CCCN2S(C)(=O)=O)n(-c2ccccn2)n1. The molecule has 2 aromatic rings. The van der Waals surface area contributed by atoms with Gasteiger partial charge in [-0.25, -0.2) is 18.4 Å². The van der Waals surface area contributed by atoms with Crippen molar-refractivity contribution in [3.8, 4) is 5.82 Å². The molecule has 1 aliphatic rings. The average molecular weight is 335 g/mol. The van der Waals surface area contributed by atoms with Crippen LogP contribution in [0.5, 0.6) is 0 Å². The summed E-state index contributed by atoms with van der Waals surface area (Å²) in [6.45, 7) is 4.56. The van der Waals surface area contributed by atoms with Gasteiger partial charge in [-0.2, -0.15) is 8.99 Å². The molecule has 0 bridgehead atoms. The zero-order valence-electron chi connectivity index (χ0n) is 13.5. The van der Waals surface area contributed by atoms with E-state index in [2.05, 4.69) is 15.1 Å². The van der Waals surface area contributed by atoms with Crippen LogP contribution in [0, 0.1) is 0 Å². The predicted molar refractivity (Wildman–Crippen MR) is 86.8 cm³/mol. The van der Waals surface area contributed by atoms with E-state index in [0.717, 1.165) is 12.8 Å². The lowest BCUT2D eigenvalue weighted by Gasteiger charge is -2.21. The van der Waals surface area contributed by atoms with Crippen molar-refractivity contribution in [1.29, 1.82) is 0 Å². The van der Waals surface area contributed by atoms with Crippen LogP contribution in [0.3, 0.4) is 0 Å². The predicted octanol–water partition coefficient (Wildman–Crippen LogP) is 1.88. The second kappa shape index (κ2) is 6.01. The largest absolute Gasteiger partial charge is 0.237 e. The maximum Gasteiger partial charge on any atom is 0.211 e. The smallest absolute Gasteiger partial charge is 0.211 e. The van der Waals surface area contributed by atoms with Gasteiger partial charge in [-0.05, 0) is 25.0 Å². The summed E-state index contributed by atoms with van der Waals surface area (Å²) in [6, 6.07) is 5.28. The third-order valence-corrected chi connectivity index (χ3v) is 5.25. The zero-order valence-corrected chi connectivity index (χ0v) is 14.4. The lowest BCUT2D eigenvalue weighted by molar-refractivity contribution is 0.381. The van der Waals surface area contributed by atoms with Crippen molar-refractivity contribution in [2.24, 2.45) is 0 Å². The summed E-state index contributed by atoms with van der Waals surface area (Å²) in [5, 5.41) is 4.56. The normalized spacial score (nSPS) is 19.6. The molecule has 0 aromatic carbocycles. The van der Waals surface area contributed by atoms with Gasteiger partial charge in [0, 0.05) is 18.7 Å². The summed E-state index contributed by atoms with van der Waals surface area (Å²) in [6.07, 6.45) is 4.51. The summed E-state index contributed by atoms with van der Waals surface area (Å²) in [7, 11) is -3.28. The van der Waals surface area contributed by atoms with Gasteiger partial charge in [0.25, 0.3) is 0 Å². The standard InChI is InChI=1S/C15H21N5O2S/c1-11(2)14-17-15(12-7-6-10-19(12)23(3,21)22)20(18-14)13-8-4-5-9-16-13/h4-5,8-9,11-12H,6-7,10H2,1-3H3/t12-/m0/s1. The van der Waals surface area contributed by atoms with E-state index >= 15 is 0 Å². The molecule has 7 nitrogen and oxygen atoms in total. The van der Waals surface area contributed by atoms with E-state index in [0.29, 0.717) is 24.0 Å². The highest BCUT2D eigenvalue weighted by atomic mass is 32.2. The van der Waals surface area contributed by atoms with Gasteiger partial charge >= 0.3 is 0 Å². The third kappa shape index (κ3) is 3.13. The molecular weight excluding hydrogens is 314 g/mol. The molecular formula is C15H21N5O2S. The molecule has 3 rings (SSSR count). The summed E-state index contributed by atoms with van der Waals surface area (Å²) in [5.41, 5.74) is 0. The second-order valence-electron chi connectivity index (χ2n) is 6.11. The van der Waals surface area contributed by atoms with E-state index < -0.39 is 10.0 Å². The fourth-order valence-electron chi connectivity index (χ4n) is 2.84. The van der Waals surface area contributed by atoms with E-state index in [9.17, 15) is 8.42 Å². The topological polar surface area (TPSA) is 81.0 Å². The quantitative estimate of drug-likeness (QED) is 0.852. The average Bonchev–Trinajstić information content (AvgIpc) is 3.14. The molecule has 0 spiro atoms. The molecule has 8 heteroatoms. The summed E-state index contributed by atoms with van der Waals surface area (Å²) in [5.74, 6) is 2.16. The zero-order chi connectivity index (χ0) is 16.6. The van der Waals surface area contributed by atoms with E-state index in [-0.39, 0.29) is 12.0 Å². The molecule has 1 fully saturated rings. The van der Waals surface area contributed by atoms with Crippen molar-refractivity contribution in [3.05, 3.63) is 36.0 Å². The Kier molecular flexibility index (Phi) is 4.20. The molecule has 0 unspecified atom stereocenters. The molecule has 0 aliphatic carbocycles. The van der Waals surface area contributed by atoms with Gasteiger partial charge in [0.05, 0.1) is 12.3 Å². The molecule has 23 heavy (non-hydrogen) atoms. The van der Waals surface area contributed by atoms with Crippen LogP contribution in [0.4, 0.5) is 0 Å². The molecule has 0 N–H and O–H groups in total. The first-order chi connectivity index (χ1) is 10.9. The molecule has 124 valence electrons. The number of pyridine rings is 1. The second-order valence-corrected chi connectivity index (χ2v) is 8.05. The lowest BCUT2D eigenvalue weighted by Crippen LogP contribution is -2.31. The Bertz CT molecular complexity index is 785. The van der Waals surface area contributed by atoms with E-state index in [1.54, 1.807) is 10.9 Å². The van der Waals surface area contributed by atoms with Gasteiger partial charge in [-0.1, -0.05) is 19.9 Å². The van der Waals surface area contributed by atoms with Crippen molar-refractivity contribution in [1.82, 2.24) is 24.1 Å². The highest BCUT2D eigenvalue weighted by molar-refractivity contribution is 7.88. The lowest BCUT2D eigenvalue weighted by atomic mass is 10.2. The van der Waals surface area contributed by atoms with Crippen LogP contribution in [-0.4, -0.2) is 45.3 Å². The van der Waals surface area contributed by atoms with Crippen molar-refractivity contribution in [2.75, 3.05) is 12.8 Å². The number of nitrogens with zero attached hydrogens (tertiary/aromatic N) is 5. The maximum atomic E-state index is 12.1. The molecule has 1 atom stereocenters. The highest BCUT2D eigenvalue weighted by Gasteiger charge is 2.36. The van der Waals surface area contributed by atoms with E-state index in [1.165, 1.54) is 10.6 Å². The Hall–Kier alpha value is -1.80. The highest BCUT2D eigenvalue weighted by Crippen LogP contribution is 2.34. The molecule has 1 saturated heterocycles. The molecule has 2 aromatic heterocycles. The summed E-state index contributed by atoms with van der Waals surface area (Å²) in [4.78, 5) is 8.97. The number of aromatic nitrogens is 4.